The minimum absolute atomic E-state index is 0.502. The van der Waals surface area contributed by atoms with Crippen molar-refractivity contribution in [3.05, 3.63) is 36.2 Å². The molecule has 6 nitrogen and oxygen atoms in total. The lowest BCUT2D eigenvalue weighted by Crippen LogP contribution is -2.34. The summed E-state index contributed by atoms with van der Waals surface area (Å²) in [5.41, 5.74) is -0.683. The summed E-state index contributed by atoms with van der Waals surface area (Å²) < 4.78 is 43.1. The maximum Gasteiger partial charge on any atom is 0.419 e. The molecule has 3 heterocycles. The summed E-state index contributed by atoms with van der Waals surface area (Å²) in [4.78, 5) is 15.4. The van der Waals surface area contributed by atoms with E-state index < -0.39 is 11.7 Å². The molecule has 1 aliphatic rings. The van der Waals surface area contributed by atoms with Gasteiger partial charge in [0.15, 0.2) is 0 Å². The number of methoxy groups -OCH3 is 1. The Labute approximate surface area is 143 Å². The quantitative estimate of drug-likeness (QED) is 0.844. The van der Waals surface area contributed by atoms with Crippen molar-refractivity contribution in [3.8, 4) is 5.88 Å². The number of nitrogens with zero attached hydrogens (tertiary/aromatic N) is 4. The largest absolute Gasteiger partial charge is 0.481 e. The zero-order valence-electron chi connectivity index (χ0n) is 13.8. The van der Waals surface area contributed by atoms with Gasteiger partial charge in [0, 0.05) is 31.3 Å². The highest BCUT2D eigenvalue weighted by atomic mass is 19.4. The van der Waals surface area contributed by atoms with Gasteiger partial charge in [-0.3, -0.25) is 4.90 Å². The van der Waals surface area contributed by atoms with Crippen LogP contribution in [0.25, 0.3) is 0 Å². The number of rotatable bonds is 3. The Bertz CT molecular complexity index is 708. The van der Waals surface area contributed by atoms with E-state index in [-0.39, 0.29) is 0 Å². The predicted molar refractivity (Wildman–Crippen MR) is 85.6 cm³/mol. The molecule has 0 spiro atoms. The minimum atomic E-state index is -4.34. The Morgan fingerprint density at radius 2 is 1.84 bits per heavy atom. The number of anilines is 2. The molecule has 0 saturated carbocycles. The van der Waals surface area contributed by atoms with Gasteiger partial charge in [-0.15, -0.1) is 0 Å². The van der Waals surface area contributed by atoms with Crippen LogP contribution in [0.2, 0.25) is 0 Å². The number of pyridine rings is 1. The van der Waals surface area contributed by atoms with E-state index in [9.17, 15) is 13.2 Å². The molecule has 1 N–H and O–H groups in total. The molecule has 1 saturated heterocycles. The lowest BCUT2D eigenvalue weighted by Gasteiger charge is -2.19. The van der Waals surface area contributed by atoms with Crippen molar-refractivity contribution in [3.63, 3.8) is 0 Å². The molecule has 0 radical (unpaired) electrons. The molecule has 1 aliphatic heterocycles. The first-order valence-electron chi connectivity index (χ1n) is 7.93. The zero-order valence-corrected chi connectivity index (χ0v) is 13.8. The summed E-state index contributed by atoms with van der Waals surface area (Å²) >= 11 is 0. The number of ether oxygens (including phenoxy) is 1. The Kier molecular flexibility index (Phi) is 4.91. The smallest absolute Gasteiger partial charge is 0.419 e. The number of nitrogens with one attached hydrogen (secondary N) is 1. The summed E-state index contributed by atoms with van der Waals surface area (Å²) in [7, 11) is 1.55. The number of aromatic nitrogens is 3. The molecule has 0 aliphatic carbocycles. The van der Waals surface area contributed by atoms with E-state index in [0.29, 0.717) is 30.7 Å². The minimum Gasteiger partial charge on any atom is -0.481 e. The first-order valence-corrected chi connectivity index (χ1v) is 7.93. The number of hydrogen-bond donors (Lipinski definition) is 0. The number of halogens is 3. The normalized spacial score (nSPS) is 15.8. The van der Waals surface area contributed by atoms with Crippen LogP contribution in [0.15, 0.2) is 30.6 Å². The Balaban J connectivity index is 1.69. The lowest BCUT2D eigenvalue weighted by molar-refractivity contribution is -0.367. The second kappa shape index (κ2) is 7.12. The molecule has 0 aromatic carbocycles. The van der Waals surface area contributed by atoms with E-state index in [1.165, 1.54) is 6.07 Å². The monoisotopic (exact) mass is 354 g/mol. The van der Waals surface area contributed by atoms with Crippen LogP contribution in [-0.2, 0) is 6.18 Å². The first-order chi connectivity index (χ1) is 12.0. The van der Waals surface area contributed by atoms with Crippen molar-refractivity contribution >= 4 is 11.8 Å². The van der Waals surface area contributed by atoms with Gasteiger partial charge in [0.2, 0.25) is 11.8 Å². The summed E-state index contributed by atoms with van der Waals surface area (Å²) in [6.45, 7) is 2.83. The summed E-state index contributed by atoms with van der Waals surface area (Å²) in [6.07, 6.45) is -0.847. The fourth-order valence-electron chi connectivity index (χ4n) is 2.75. The number of hydrogen-bond acceptors (Lipinski definition) is 5. The van der Waals surface area contributed by atoms with Gasteiger partial charge >= 0.3 is 6.18 Å². The molecular weight excluding hydrogens is 335 g/mol. The van der Waals surface area contributed by atoms with Crippen molar-refractivity contribution in [1.29, 1.82) is 0 Å². The third-order valence-corrected chi connectivity index (χ3v) is 4.07. The van der Waals surface area contributed by atoms with Crippen LogP contribution in [0.1, 0.15) is 12.0 Å². The molecule has 2 aromatic rings. The van der Waals surface area contributed by atoms with Crippen LogP contribution in [-0.4, -0.2) is 43.3 Å². The number of H-pyrrole nitrogens is 1. The van der Waals surface area contributed by atoms with Crippen LogP contribution in [0.4, 0.5) is 24.9 Å². The molecule has 9 heteroatoms. The van der Waals surface area contributed by atoms with Crippen LogP contribution in [0.5, 0.6) is 5.88 Å². The third-order valence-electron chi connectivity index (χ3n) is 4.07. The summed E-state index contributed by atoms with van der Waals surface area (Å²) in [5, 5.41) is 0. The standard InChI is InChI=1S/C16H18F3N5O/c1-25-14-5-6-20-15(22-14)24-8-2-7-23(9-10-24)13-4-3-12(11-21-13)16(17,18)19/h3-6,11H,2,7-10H2,1H3/p+1. The van der Waals surface area contributed by atoms with Crippen LogP contribution >= 0.6 is 0 Å². The van der Waals surface area contributed by atoms with E-state index in [1.54, 1.807) is 19.4 Å². The summed E-state index contributed by atoms with van der Waals surface area (Å²) in [6, 6.07) is 4.25. The second-order valence-electron chi connectivity index (χ2n) is 5.69. The maximum absolute atomic E-state index is 12.7. The van der Waals surface area contributed by atoms with Gasteiger partial charge in [0.1, 0.15) is 12.7 Å². The van der Waals surface area contributed by atoms with E-state index in [4.69, 9.17) is 4.74 Å². The summed E-state index contributed by atoms with van der Waals surface area (Å²) in [5.74, 6) is 1.76. The van der Waals surface area contributed by atoms with E-state index in [2.05, 4.69) is 15.0 Å². The van der Waals surface area contributed by atoms with Gasteiger partial charge in [0.25, 0.3) is 5.82 Å². The van der Waals surface area contributed by atoms with Crippen LogP contribution in [0, 0.1) is 0 Å². The Morgan fingerprint density at radius 3 is 2.52 bits per heavy atom. The van der Waals surface area contributed by atoms with Gasteiger partial charge in [-0.05, 0) is 6.07 Å². The Morgan fingerprint density at radius 1 is 1.08 bits per heavy atom. The molecule has 0 amide bonds. The van der Waals surface area contributed by atoms with Gasteiger partial charge in [0.05, 0.1) is 25.8 Å². The average Bonchev–Trinajstić information content (AvgIpc) is 2.87. The fourth-order valence-corrected chi connectivity index (χ4v) is 2.75. The SMILES string of the molecule is COc1ccnc(N2CCCN(c3ccc(C(F)(F)F)c[nH+]3)CC2)n1. The van der Waals surface area contributed by atoms with Crippen molar-refractivity contribution in [1.82, 2.24) is 9.97 Å². The molecule has 25 heavy (non-hydrogen) atoms. The zero-order chi connectivity index (χ0) is 17.9. The van der Waals surface area contributed by atoms with Crippen LogP contribution < -0.4 is 19.5 Å². The van der Waals surface area contributed by atoms with Gasteiger partial charge in [-0.1, -0.05) is 0 Å². The lowest BCUT2D eigenvalue weighted by atomic mass is 10.2. The molecular formula is C16H19F3N5O+. The number of aromatic amines is 1. The third kappa shape index (κ3) is 4.09. The Hall–Kier alpha value is -2.58. The number of alkyl halides is 3. The predicted octanol–water partition coefficient (Wildman–Crippen LogP) is 2.03. The molecule has 0 bridgehead atoms. The van der Waals surface area contributed by atoms with E-state index >= 15 is 0 Å². The van der Waals surface area contributed by atoms with Crippen molar-refractivity contribution in [2.75, 3.05) is 43.1 Å². The van der Waals surface area contributed by atoms with Gasteiger partial charge in [-0.2, -0.15) is 18.2 Å². The van der Waals surface area contributed by atoms with Gasteiger partial charge in [-0.25, -0.2) is 9.97 Å². The first kappa shape index (κ1) is 17.2. The molecule has 0 atom stereocenters. The molecule has 2 aromatic heterocycles. The highest BCUT2D eigenvalue weighted by molar-refractivity contribution is 5.38. The average molecular weight is 354 g/mol. The maximum atomic E-state index is 12.7. The van der Waals surface area contributed by atoms with Crippen molar-refractivity contribution in [2.24, 2.45) is 0 Å². The van der Waals surface area contributed by atoms with E-state index in [0.717, 1.165) is 31.8 Å². The molecule has 3 rings (SSSR count). The molecule has 1 fully saturated rings. The highest BCUT2D eigenvalue weighted by Crippen LogP contribution is 2.28. The van der Waals surface area contributed by atoms with Crippen molar-refractivity contribution in [2.45, 2.75) is 12.6 Å². The van der Waals surface area contributed by atoms with E-state index in [1.807, 2.05) is 9.80 Å². The second-order valence-corrected chi connectivity index (χ2v) is 5.69. The van der Waals surface area contributed by atoms with Gasteiger partial charge < -0.3 is 9.64 Å². The highest BCUT2D eigenvalue weighted by Gasteiger charge is 2.32. The topological polar surface area (TPSA) is 55.6 Å². The van der Waals surface area contributed by atoms with Crippen molar-refractivity contribution < 1.29 is 22.9 Å². The molecule has 0 unspecified atom stereocenters. The fraction of sp³-hybridized carbons (Fsp3) is 0.438. The molecule has 134 valence electrons. The van der Waals surface area contributed by atoms with Crippen LogP contribution in [0.3, 0.4) is 0 Å².